The highest BCUT2D eigenvalue weighted by Gasteiger charge is 2.29. The molecule has 12 heteroatoms. The van der Waals surface area contributed by atoms with Crippen LogP contribution < -0.4 is 9.62 Å². The van der Waals surface area contributed by atoms with E-state index in [4.69, 9.17) is 11.6 Å². The minimum atomic E-state index is -4.18. The van der Waals surface area contributed by atoms with Crippen LogP contribution in [0.4, 0.5) is 15.9 Å². The molecule has 0 aliphatic carbocycles. The van der Waals surface area contributed by atoms with Crippen molar-refractivity contribution in [2.45, 2.75) is 23.9 Å². The number of benzene rings is 2. The number of hydrogen-bond acceptors (Lipinski definition) is 7. The third kappa shape index (κ3) is 5.33. The molecule has 0 bridgehead atoms. The van der Waals surface area contributed by atoms with Gasteiger partial charge >= 0.3 is 5.97 Å². The highest BCUT2D eigenvalue weighted by Crippen LogP contribution is 2.33. The molecular formula is C22H22ClFN4O4S2. The third-order valence-electron chi connectivity index (χ3n) is 5.72. The zero-order valence-electron chi connectivity index (χ0n) is 18.1. The van der Waals surface area contributed by atoms with Crippen molar-refractivity contribution < 1.29 is 22.7 Å². The molecule has 1 aliphatic rings. The second kappa shape index (κ2) is 9.87. The normalized spacial score (nSPS) is 16.5. The number of carboxylic acid groups (broad SMARTS) is 1. The number of rotatable bonds is 8. The number of nitrogens with zero attached hydrogens (tertiary/aromatic N) is 3. The molecule has 1 unspecified atom stereocenters. The molecule has 0 radical (unpaired) electrons. The minimum Gasteiger partial charge on any atom is -0.478 e. The van der Waals surface area contributed by atoms with Gasteiger partial charge < -0.3 is 10.0 Å². The average molecular weight is 525 g/mol. The molecule has 0 spiro atoms. The van der Waals surface area contributed by atoms with Crippen LogP contribution in [0.25, 0.3) is 0 Å². The number of anilines is 2. The summed E-state index contributed by atoms with van der Waals surface area (Å²) >= 11 is 7.60. The fourth-order valence-corrected chi connectivity index (χ4v) is 5.99. The highest BCUT2D eigenvalue weighted by molar-refractivity contribution is 7.92. The van der Waals surface area contributed by atoms with E-state index in [0.29, 0.717) is 18.8 Å². The number of likely N-dealkylation sites (tertiary alicyclic amines) is 1. The van der Waals surface area contributed by atoms with E-state index in [0.717, 1.165) is 30.7 Å². The van der Waals surface area contributed by atoms with Crippen molar-refractivity contribution in [1.82, 2.24) is 9.88 Å². The van der Waals surface area contributed by atoms with Crippen LogP contribution in [0.15, 0.2) is 52.2 Å². The van der Waals surface area contributed by atoms with Crippen molar-refractivity contribution in [2.75, 3.05) is 29.8 Å². The Morgan fingerprint density at radius 2 is 2.18 bits per heavy atom. The smallest absolute Gasteiger partial charge is 0.335 e. The average Bonchev–Trinajstić information content (AvgIpc) is 3.46. The zero-order chi connectivity index (χ0) is 24.5. The van der Waals surface area contributed by atoms with Crippen LogP contribution in [-0.2, 0) is 16.6 Å². The van der Waals surface area contributed by atoms with E-state index in [9.17, 15) is 22.7 Å². The molecule has 2 N–H and O–H groups in total. The van der Waals surface area contributed by atoms with E-state index in [1.165, 1.54) is 22.2 Å². The highest BCUT2D eigenvalue weighted by atomic mass is 35.5. The van der Waals surface area contributed by atoms with E-state index in [2.05, 4.69) is 14.6 Å². The van der Waals surface area contributed by atoms with Gasteiger partial charge in [-0.15, -0.1) is 11.3 Å². The maximum absolute atomic E-state index is 14.9. The number of halogens is 2. The van der Waals surface area contributed by atoms with Gasteiger partial charge in [-0.3, -0.25) is 9.62 Å². The Morgan fingerprint density at radius 3 is 2.88 bits per heavy atom. The Labute approximate surface area is 205 Å². The Hall–Kier alpha value is -2.73. The lowest BCUT2D eigenvalue weighted by molar-refractivity contribution is 0.0696. The van der Waals surface area contributed by atoms with Gasteiger partial charge in [0.05, 0.1) is 21.8 Å². The van der Waals surface area contributed by atoms with Gasteiger partial charge in [-0.25, -0.2) is 22.6 Å². The van der Waals surface area contributed by atoms with Crippen LogP contribution in [0.5, 0.6) is 0 Å². The second-order valence-corrected chi connectivity index (χ2v) is 10.8. The van der Waals surface area contributed by atoms with Crippen molar-refractivity contribution in [3.8, 4) is 0 Å². The summed E-state index contributed by atoms with van der Waals surface area (Å²) in [6.45, 7) is 2.03. The van der Waals surface area contributed by atoms with E-state index >= 15 is 0 Å². The maximum Gasteiger partial charge on any atom is 0.335 e. The number of sulfonamides is 1. The summed E-state index contributed by atoms with van der Waals surface area (Å²) in [6.07, 6.45) is 0.790. The van der Waals surface area contributed by atoms with Crippen LogP contribution in [0.1, 0.15) is 22.3 Å². The van der Waals surface area contributed by atoms with Gasteiger partial charge in [-0.2, -0.15) is 0 Å². The van der Waals surface area contributed by atoms with Gasteiger partial charge in [-0.05, 0) is 30.2 Å². The number of aromatic nitrogens is 1. The van der Waals surface area contributed by atoms with Crippen LogP contribution in [0.3, 0.4) is 0 Å². The lowest BCUT2D eigenvalue weighted by Gasteiger charge is -2.28. The standard InChI is InChI=1S/C22H22ClFN4O4S2/c1-27(16-5-6-28(11-16)10-14-3-2-4-15(7-14)22(29)30)19-9-18(24)20(8-17(19)23)34(31,32)26-21-12-33-13-25-21/h2-4,7-9,12-13,16,26H,5-6,10-11H2,1H3,(H,29,30). The molecule has 34 heavy (non-hydrogen) atoms. The Balaban J connectivity index is 1.47. The summed E-state index contributed by atoms with van der Waals surface area (Å²) < 4.78 is 42.3. The first kappa shape index (κ1) is 24.4. The fraction of sp³-hybridized carbons (Fsp3) is 0.273. The summed E-state index contributed by atoms with van der Waals surface area (Å²) in [5, 5.41) is 10.8. The molecule has 1 aromatic heterocycles. The quantitative estimate of drug-likeness (QED) is 0.456. The number of hydrogen-bond donors (Lipinski definition) is 2. The molecule has 180 valence electrons. The van der Waals surface area contributed by atoms with Crippen molar-refractivity contribution in [3.63, 3.8) is 0 Å². The SMILES string of the molecule is CN(c1cc(F)c(S(=O)(=O)Nc2cscn2)cc1Cl)C1CCN(Cc2cccc(C(=O)O)c2)C1. The van der Waals surface area contributed by atoms with Crippen LogP contribution in [0.2, 0.25) is 5.02 Å². The number of nitrogens with one attached hydrogen (secondary N) is 1. The van der Waals surface area contributed by atoms with Crippen molar-refractivity contribution in [2.24, 2.45) is 0 Å². The largest absolute Gasteiger partial charge is 0.478 e. The monoisotopic (exact) mass is 524 g/mol. The molecule has 3 aromatic rings. The number of thiazole rings is 1. The number of likely N-dealkylation sites (N-methyl/N-ethyl adjacent to an activating group) is 1. The Bertz CT molecular complexity index is 1300. The van der Waals surface area contributed by atoms with Gasteiger partial charge in [0, 0.05) is 44.2 Å². The molecule has 0 amide bonds. The fourth-order valence-electron chi connectivity index (χ4n) is 3.98. The first-order valence-corrected chi connectivity index (χ1v) is 13.1. The third-order valence-corrected chi connectivity index (χ3v) is 7.98. The number of aromatic carboxylic acids is 1. The van der Waals surface area contributed by atoms with E-state index in [1.807, 2.05) is 11.0 Å². The lowest BCUT2D eigenvalue weighted by atomic mass is 10.1. The van der Waals surface area contributed by atoms with Crippen LogP contribution in [0, 0.1) is 5.82 Å². The minimum absolute atomic E-state index is 0.0233. The molecular weight excluding hydrogens is 503 g/mol. The summed E-state index contributed by atoms with van der Waals surface area (Å²) in [6, 6.07) is 9.09. The first-order chi connectivity index (χ1) is 16.1. The van der Waals surface area contributed by atoms with Gasteiger partial charge in [0.2, 0.25) is 0 Å². The van der Waals surface area contributed by atoms with Gasteiger partial charge in [-0.1, -0.05) is 23.7 Å². The molecule has 8 nitrogen and oxygen atoms in total. The number of carbonyl (C=O) groups is 1. The predicted octanol–water partition coefficient (Wildman–Crippen LogP) is 4.15. The molecule has 1 saturated heterocycles. The molecule has 1 aliphatic heterocycles. The zero-order valence-corrected chi connectivity index (χ0v) is 20.5. The van der Waals surface area contributed by atoms with Crippen molar-refractivity contribution in [3.05, 3.63) is 69.3 Å². The van der Waals surface area contributed by atoms with Crippen LogP contribution in [-0.4, -0.2) is 55.6 Å². The summed E-state index contributed by atoms with van der Waals surface area (Å²) in [5.41, 5.74) is 3.00. The molecule has 1 atom stereocenters. The maximum atomic E-state index is 14.9. The molecule has 2 aromatic carbocycles. The Morgan fingerprint density at radius 1 is 1.38 bits per heavy atom. The molecule has 0 saturated carbocycles. The number of carboxylic acids is 1. The van der Waals surface area contributed by atoms with Crippen LogP contribution >= 0.6 is 22.9 Å². The summed E-state index contributed by atoms with van der Waals surface area (Å²) in [5.74, 6) is -1.76. The van der Waals surface area contributed by atoms with E-state index < -0.39 is 26.7 Å². The van der Waals surface area contributed by atoms with E-state index in [-0.39, 0.29) is 22.4 Å². The molecule has 1 fully saturated rings. The topological polar surface area (TPSA) is 103 Å². The van der Waals surface area contributed by atoms with Gasteiger partial charge in [0.1, 0.15) is 10.7 Å². The van der Waals surface area contributed by atoms with E-state index in [1.54, 1.807) is 25.2 Å². The van der Waals surface area contributed by atoms with Crippen molar-refractivity contribution >= 4 is 50.4 Å². The van der Waals surface area contributed by atoms with Crippen molar-refractivity contribution in [1.29, 1.82) is 0 Å². The lowest BCUT2D eigenvalue weighted by Crippen LogP contribution is -2.34. The van der Waals surface area contributed by atoms with Gasteiger partial charge in [0.15, 0.2) is 5.82 Å². The molecule has 2 heterocycles. The summed E-state index contributed by atoms with van der Waals surface area (Å²) in [7, 11) is -2.39. The molecule has 4 rings (SSSR count). The predicted molar refractivity (Wildman–Crippen MR) is 130 cm³/mol. The second-order valence-electron chi connectivity index (χ2n) is 8.01. The summed E-state index contributed by atoms with van der Waals surface area (Å²) in [4.78, 5) is 18.6. The Kier molecular flexibility index (Phi) is 7.08. The van der Waals surface area contributed by atoms with Gasteiger partial charge in [0.25, 0.3) is 10.0 Å². The first-order valence-electron chi connectivity index (χ1n) is 10.3.